The number of nitrogens with one attached hydrogen (secondary N) is 2. The predicted molar refractivity (Wildman–Crippen MR) is 134 cm³/mol. The van der Waals surface area contributed by atoms with Gasteiger partial charge in [-0.2, -0.15) is 0 Å². The van der Waals surface area contributed by atoms with E-state index in [1.54, 1.807) is 0 Å². The Labute approximate surface area is 211 Å². The van der Waals surface area contributed by atoms with Crippen LogP contribution in [0, 0.1) is 11.7 Å². The number of aryl methyl sites for hydroxylation is 1. The average Bonchev–Trinajstić information content (AvgIpc) is 3.66. The molecular weight excluding hydrogens is 463 g/mol. The molecule has 3 rings (SSSR count). The number of epoxide rings is 1. The van der Waals surface area contributed by atoms with Gasteiger partial charge in [-0.3, -0.25) is 14.4 Å². The van der Waals surface area contributed by atoms with Crippen molar-refractivity contribution in [3.8, 4) is 0 Å². The number of rotatable bonds is 13. The van der Waals surface area contributed by atoms with E-state index in [1.807, 2.05) is 51.1 Å². The fourth-order valence-corrected chi connectivity index (χ4v) is 4.17. The highest BCUT2D eigenvalue weighted by atomic mass is 19.1. The molecule has 0 aromatic heterocycles. The lowest BCUT2D eigenvalue weighted by atomic mass is 9.92. The highest BCUT2D eigenvalue weighted by molar-refractivity contribution is 6.00. The highest BCUT2D eigenvalue weighted by Crippen LogP contribution is 2.30. The Morgan fingerprint density at radius 3 is 2.36 bits per heavy atom. The maximum Gasteiger partial charge on any atom is 0.251 e. The zero-order chi connectivity index (χ0) is 26.3. The van der Waals surface area contributed by atoms with Crippen LogP contribution in [-0.2, 0) is 27.2 Å². The Morgan fingerprint density at radius 2 is 1.78 bits per heavy atom. The molecule has 1 aliphatic heterocycles. The van der Waals surface area contributed by atoms with Crippen LogP contribution in [-0.4, -0.2) is 53.6 Å². The van der Waals surface area contributed by atoms with Crippen LogP contribution in [0.25, 0.3) is 0 Å². The molecule has 1 saturated heterocycles. The van der Waals surface area contributed by atoms with Gasteiger partial charge in [0.2, 0.25) is 5.91 Å². The summed E-state index contributed by atoms with van der Waals surface area (Å²) in [6.07, 6.45) is 1.78. The van der Waals surface area contributed by atoms with Crippen molar-refractivity contribution in [2.24, 2.45) is 5.92 Å². The molecule has 3 atom stereocenters. The van der Waals surface area contributed by atoms with E-state index in [1.165, 1.54) is 18.2 Å². The Bertz CT molecular complexity index is 1070. The van der Waals surface area contributed by atoms with E-state index in [4.69, 9.17) is 4.74 Å². The smallest absolute Gasteiger partial charge is 0.251 e. The van der Waals surface area contributed by atoms with E-state index in [0.717, 1.165) is 12.0 Å². The van der Waals surface area contributed by atoms with Crippen molar-refractivity contribution in [1.82, 2.24) is 10.6 Å². The topological polar surface area (TPSA) is 108 Å². The second kappa shape index (κ2) is 12.2. The van der Waals surface area contributed by atoms with Gasteiger partial charge in [0.1, 0.15) is 11.9 Å². The van der Waals surface area contributed by atoms with Crippen LogP contribution in [0.3, 0.4) is 0 Å². The number of carbonyl (C=O) groups is 3. The van der Waals surface area contributed by atoms with Crippen LogP contribution in [0.1, 0.15) is 55.1 Å². The van der Waals surface area contributed by atoms with Gasteiger partial charge in [0, 0.05) is 12.0 Å². The Hall–Kier alpha value is -3.10. The van der Waals surface area contributed by atoms with Crippen LogP contribution < -0.4 is 10.6 Å². The molecule has 7 nitrogen and oxygen atoms in total. The number of aliphatic hydroxyl groups excluding tert-OH is 1. The second-order valence-corrected chi connectivity index (χ2v) is 9.77. The van der Waals surface area contributed by atoms with Crippen molar-refractivity contribution in [1.29, 1.82) is 0 Å². The molecule has 194 valence electrons. The fourth-order valence-electron chi connectivity index (χ4n) is 4.17. The molecule has 0 unspecified atom stereocenters. The minimum absolute atomic E-state index is 0.0899. The normalized spacial score (nSPS) is 18.4. The van der Waals surface area contributed by atoms with E-state index in [-0.39, 0.29) is 36.1 Å². The van der Waals surface area contributed by atoms with Crippen LogP contribution in [0.15, 0.2) is 48.5 Å². The van der Waals surface area contributed by atoms with E-state index < -0.39 is 36.1 Å². The number of hydrogen-bond acceptors (Lipinski definition) is 5. The number of benzene rings is 2. The van der Waals surface area contributed by atoms with Crippen LogP contribution >= 0.6 is 0 Å². The van der Waals surface area contributed by atoms with Crippen molar-refractivity contribution < 1.29 is 28.6 Å². The van der Waals surface area contributed by atoms with Crippen LogP contribution in [0.4, 0.5) is 4.39 Å². The summed E-state index contributed by atoms with van der Waals surface area (Å²) in [5.41, 5.74) is 0.254. The number of halogens is 1. The molecule has 36 heavy (non-hydrogen) atoms. The number of Topliss-reactive ketones (excluding diaryl/α,β-unsaturated/α-hetero) is 1. The molecule has 0 spiro atoms. The number of carbonyl (C=O) groups excluding carboxylic acids is 3. The van der Waals surface area contributed by atoms with Gasteiger partial charge in [0.05, 0.1) is 19.3 Å². The summed E-state index contributed by atoms with van der Waals surface area (Å²) in [4.78, 5) is 39.6. The van der Waals surface area contributed by atoms with Crippen LogP contribution in [0.5, 0.6) is 0 Å². The monoisotopic (exact) mass is 498 g/mol. The van der Waals surface area contributed by atoms with E-state index in [2.05, 4.69) is 10.6 Å². The van der Waals surface area contributed by atoms with Crippen molar-refractivity contribution >= 4 is 17.6 Å². The number of ketones is 1. The van der Waals surface area contributed by atoms with E-state index >= 15 is 0 Å². The summed E-state index contributed by atoms with van der Waals surface area (Å²) in [7, 11) is 0. The van der Waals surface area contributed by atoms with Gasteiger partial charge < -0.3 is 20.5 Å². The molecule has 8 heteroatoms. The second-order valence-electron chi connectivity index (χ2n) is 9.77. The van der Waals surface area contributed by atoms with Gasteiger partial charge in [-0.05, 0) is 48.1 Å². The number of hydrogen-bond donors (Lipinski definition) is 3. The van der Waals surface area contributed by atoms with E-state index in [0.29, 0.717) is 18.4 Å². The summed E-state index contributed by atoms with van der Waals surface area (Å²) in [6.45, 7) is 5.44. The minimum Gasteiger partial charge on any atom is -0.393 e. The van der Waals surface area contributed by atoms with Crippen LogP contribution in [0.2, 0.25) is 0 Å². The number of ether oxygens (including phenoxy) is 1. The first-order valence-electron chi connectivity index (χ1n) is 12.4. The molecule has 0 radical (unpaired) electrons. The lowest BCUT2D eigenvalue weighted by Gasteiger charge is -2.25. The molecule has 0 bridgehead atoms. The largest absolute Gasteiger partial charge is 0.393 e. The van der Waals surface area contributed by atoms with Gasteiger partial charge >= 0.3 is 0 Å². The summed E-state index contributed by atoms with van der Waals surface area (Å²) in [6, 6.07) is 11.5. The Morgan fingerprint density at radius 1 is 1.08 bits per heavy atom. The third-order valence-corrected chi connectivity index (χ3v) is 6.27. The molecule has 1 heterocycles. The number of aliphatic hydroxyl groups is 1. The molecule has 2 aromatic rings. The van der Waals surface area contributed by atoms with Gasteiger partial charge in [-0.1, -0.05) is 57.5 Å². The third kappa shape index (κ3) is 6.98. The zero-order valence-electron chi connectivity index (χ0n) is 21.1. The van der Waals surface area contributed by atoms with Gasteiger partial charge in [0.15, 0.2) is 11.4 Å². The summed E-state index contributed by atoms with van der Waals surface area (Å²) in [5.74, 6) is -1.68. The predicted octanol–water partition coefficient (Wildman–Crippen LogP) is 2.98. The summed E-state index contributed by atoms with van der Waals surface area (Å²) in [5, 5.41) is 15.2. The molecule has 1 aliphatic rings. The van der Waals surface area contributed by atoms with Crippen molar-refractivity contribution in [3.63, 3.8) is 0 Å². The highest BCUT2D eigenvalue weighted by Gasteiger charge is 2.54. The van der Waals surface area contributed by atoms with Crippen molar-refractivity contribution in [2.45, 2.75) is 64.1 Å². The van der Waals surface area contributed by atoms with Gasteiger partial charge in [-0.25, -0.2) is 4.39 Å². The zero-order valence-corrected chi connectivity index (χ0v) is 21.1. The quantitative estimate of drug-likeness (QED) is 0.368. The first-order valence-corrected chi connectivity index (χ1v) is 12.4. The summed E-state index contributed by atoms with van der Waals surface area (Å²) >= 11 is 0. The Balaban J connectivity index is 1.82. The standard InChI is InChI=1S/C28H35FN2O5/c1-4-8-20-15-21(11-12-22(20)29)26(34)31-24(14-19-9-6-5-7-10-19)27(35)30-23(13-18(2)3)25(33)28(16-32)17-36-28/h5-7,9-12,15,18,23-24,32H,4,8,13-14,16-17H2,1-3H3,(H,30,35)(H,31,34)/t23-,24-,28+/m0/s1. The molecule has 2 aromatic carbocycles. The van der Waals surface area contributed by atoms with Gasteiger partial charge in [0.25, 0.3) is 5.91 Å². The molecule has 0 aliphatic carbocycles. The fraction of sp³-hybridized carbons (Fsp3) is 0.464. The van der Waals surface area contributed by atoms with Crippen molar-refractivity contribution in [3.05, 3.63) is 71.0 Å². The minimum atomic E-state index is -1.27. The van der Waals surface area contributed by atoms with E-state index in [9.17, 15) is 23.9 Å². The molecule has 0 saturated carbocycles. The Kier molecular flexibility index (Phi) is 9.34. The molecule has 2 amide bonds. The maximum atomic E-state index is 14.1. The summed E-state index contributed by atoms with van der Waals surface area (Å²) < 4.78 is 19.3. The number of amides is 2. The molecular formula is C28H35FN2O5. The lowest BCUT2D eigenvalue weighted by Crippen LogP contribution is -2.55. The first-order chi connectivity index (χ1) is 17.2. The van der Waals surface area contributed by atoms with Crippen molar-refractivity contribution in [2.75, 3.05) is 13.2 Å². The van der Waals surface area contributed by atoms with Gasteiger partial charge in [-0.15, -0.1) is 0 Å². The lowest BCUT2D eigenvalue weighted by molar-refractivity contribution is -0.132. The maximum absolute atomic E-state index is 14.1. The molecule has 1 fully saturated rings. The first kappa shape index (κ1) is 27.5. The SMILES string of the molecule is CCCc1cc(C(=O)N[C@@H](Cc2ccccc2)C(=O)N[C@@H](CC(C)C)C(=O)[C@@]2(CO)CO2)ccc1F. The third-order valence-electron chi connectivity index (χ3n) is 6.27. The molecule has 3 N–H and O–H groups in total. The average molecular weight is 499 g/mol.